The van der Waals surface area contributed by atoms with E-state index in [2.05, 4.69) is 20.6 Å². The van der Waals surface area contributed by atoms with Crippen LogP contribution in [0.25, 0.3) is 20.9 Å². The van der Waals surface area contributed by atoms with Crippen LogP contribution in [0.1, 0.15) is 31.8 Å². The summed E-state index contributed by atoms with van der Waals surface area (Å²) in [5.74, 6) is -6.54. The van der Waals surface area contributed by atoms with E-state index in [9.17, 15) is 53.5 Å². The van der Waals surface area contributed by atoms with Gasteiger partial charge in [0.25, 0.3) is 11.8 Å². The summed E-state index contributed by atoms with van der Waals surface area (Å²) in [6, 6.07) is 14.7. The zero-order valence-electron chi connectivity index (χ0n) is 26.3. The molecule has 20 heteroatoms. The normalized spacial score (nSPS) is 11.5. The molecule has 0 radical (unpaired) electrons. The Bertz CT molecular complexity index is 2160. The lowest BCUT2D eigenvalue weighted by molar-refractivity contribution is -0.138. The van der Waals surface area contributed by atoms with Crippen LogP contribution in [0.4, 0.5) is 60.0 Å². The number of carbonyl (C=O) groups excluding carboxylic acids is 2. The van der Waals surface area contributed by atoms with Crippen LogP contribution in [0.3, 0.4) is 0 Å². The highest BCUT2D eigenvalue weighted by atomic mass is 35.5. The van der Waals surface area contributed by atoms with Crippen LogP contribution in [-0.4, -0.2) is 21.8 Å². The maximum atomic E-state index is 13.7. The molecule has 0 aliphatic heterocycles. The topological polar surface area (TPSA) is 110 Å². The fourth-order valence-electron chi connectivity index (χ4n) is 4.55. The Kier molecular flexibility index (Phi) is 11.6. The number of thiazole rings is 2. The van der Waals surface area contributed by atoms with Gasteiger partial charge in [0.15, 0.2) is 10.3 Å². The molecule has 2 amide bonds. The second kappa shape index (κ2) is 15.8. The van der Waals surface area contributed by atoms with Gasteiger partial charge >= 0.3 is 12.4 Å². The van der Waals surface area contributed by atoms with E-state index in [1.54, 1.807) is 0 Å². The summed E-state index contributed by atoms with van der Waals surface area (Å²) < 4.78 is 132. The number of anilines is 3. The minimum Gasteiger partial charge on any atom is -0.382 e. The molecule has 0 saturated carbocycles. The molecule has 0 unspecified atom stereocenters. The van der Waals surface area contributed by atoms with Gasteiger partial charge in [0.2, 0.25) is 0 Å². The lowest BCUT2D eigenvalue weighted by atomic mass is 10.1. The van der Waals surface area contributed by atoms with Crippen molar-refractivity contribution in [2.45, 2.75) is 12.4 Å². The van der Waals surface area contributed by atoms with Gasteiger partial charge in [-0.2, -0.15) is 26.3 Å². The first-order valence-electron chi connectivity index (χ1n) is 14.6. The number of hydrogen-bond donors (Lipinski definition) is 3. The monoisotopic (exact) mass is 817 g/mol. The molecular formula is C34H18ClF10N5O2S2. The van der Waals surface area contributed by atoms with Gasteiger partial charge < -0.3 is 5.73 Å². The summed E-state index contributed by atoms with van der Waals surface area (Å²) >= 11 is 7.52. The maximum Gasteiger partial charge on any atom is 0.416 e. The van der Waals surface area contributed by atoms with E-state index in [-0.39, 0.29) is 42.1 Å². The molecule has 7 nitrogen and oxygen atoms in total. The van der Waals surface area contributed by atoms with Gasteiger partial charge in [0.05, 0.1) is 20.9 Å². The van der Waals surface area contributed by atoms with E-state index < -0.39 is 69.7 Å². The third-order valence-electron chi connectivity index (χ3n) is 6.96. The molecule has 6 rings (SSSR count). The van der Waals surface area contributed by atoms with Gasteiger partial charge in [0, 0.05) is 0 Å². The third kappa shape index (κ3) is 9.15. The van der Waals surface area contributed by atoms with Crippen LogP contribution >= 0.6 is 34.3 Å². The molecule has 0 aliphatic rings. The quantitative estimate of drug-likeness (QED) is 0.145. The molecule has 280 valence electrons. The number of halogens is 11. The van der Waals surface area contributed by atoms with Crippen molar-refractivity contribution in [3.8, 4) is 20.9 Å². The highest BCUT2D eigenvalue weighted by molar-refractivity contribution is 7.20. The number of nitrogen functional groups attached to an aromatic ring is 1. The molecule has 0 spiro atoms. The van der Waals surface area contributed by atoms with Gasteiger partial charge in [0.1, 0.15) is 45.4 Å². The largest absolute Gasteiger partial charge is 0.416 e. The zero-order valence-corrected chi connectivity index (χ0v) is 28.7. The van der Waals surface area contributed by atoms with Crippen molar-refractivity contribution in [1.29, 1.82) is 0 Å². The fourth-order valence-corrected chi connectivity index (χ4v) is 6.63. The van der Waals surface area contributed by atoms with Gasteiger partial charge in [-0.15, -0.1) is 0 Å². The summed E-state index contributed by atoms with van der Waals surface area (Å²) in [7, 11) is 0. The molecule has 0 saturated heterocycles. The van der Waals surface area contributed by atoms with Crippen molar-refractivity contribution >= 4 is 62.2 Å². The highest BCUT2D eigenvalue weighted by Crippen LogP contribution is 2.40. The van der Waals surface area contributed by atoms with Crippen LogP contribution in [-0.2, 0) is 12.4 Å². The summed E-state index contributed by atoms with van der Waals surface area (Å²) in [5.41, 5.74) is 2.68. The fraction of sp³-hybridized carbons (Fsp3) is 0.0588. The minimum atomic E-state index is -4.54. The van der Waals surface area contributed by atoms with Crippen molar-refractivity contribution in [3.05, 3.63) is 136 Å². The predicted octanol–water partition coefficient (Wildman–Crippen LogP) is 11.0. The van der Waals surface area contributed by atoms with E-state index >= 15 is 0 Å². The van der Waals surface area contributed by atoms with Crippen LogP contribution < -0.4 is 16.4 Å². The smallest absolute Gasteiger partial charge is 0.382 e. The minimum absolute atomic E-state index is 0.104. The lowest BCUT2D eigenvalue weighted by Gasteiger charge is -2.07. The Labute approximate surface area is 310 Å². The summed E-state index contributed by atoms with van der Waals surface area (Å²) in [6.07, 6.45) is -9.07. The van der Waals surface area contributed by atoms with E-state index in [1.165, 1.54) is 24.3 Å². The first-order chi connectivity index (χ1) is 25.3. The van der Waals surface area contributed by atoms with Crippen LogP contribution in [0.15, 0.2) is 84.9 Å². The standard InChI is InChI=1S/C17H8ClF5N2OS.C17H10F5N3OS/c18-14-13(8-3-1-4-9(7-8)17(21,22)23)27-16(24-14)25-15(26)12-10(19)5-2-6-11(12)20;18-10-5-2-6-11(19)12(10)15(26)25-16-24-14(23)13(27-16)8-3-1-4-9(7-8)17(20,21)22/h1-7H,(H,24,25,26);1-7H,23H2,(H,24,25,26). The second-order valence-electron chi connectivity index (χ2n) is 10.6. The zero-order chi connectivity index (χ0) is 39.5. The van der Waals surface area contributed by atoms with Crippen molar-refractivity contribution < 1.29 is 53.5 Å². The highest BCUT2D eigenvalue weighted by Gasteiger charge is 2.32. The van der Waals surface area contributed by atoms with Crippen LogP contribution in [0.5, 0.6) is 0 Å². The number of nitrogens with two attached hydrogens (primary N) is 1. The summed E-state index contributed by atoms with van der Waals surface area (Å²) in [6.45, 7) is 0. The summed E-state index contributed by atoms with van der Waals surface area (Å²) in [4.78, 5) is 32.2. The van der Waals surface area contributed by atoms with Gasteiger partial charge in [-0.05, 0) is 59.7 Å². The molecule has 0 bridgehead atoms. The van der Waals surface area contributed by atoms with Crippen LogP contribution in [0, 0.1) is 23.3 Å². The average Bonchev–Trinajstić information content (AvgIpc) is 3.64. The first-order valence-corrected chi connectivity index (χ1v) is 16.6. The molecule has 54 heavy (non-hydrogen) atoms. The van der Waals surface area contributed by atoms with Crippen molar-refractivity contribution in [2.75, 3.05) is 16.4 Å². The maximum absolute atomic E-state index is 13.7. The first kappa shape index (κ1) is 39.7. The lowest BCUT2D eigenvalue weighted by Crippen LogP contribution is -2.15. The molecule has 0 aliphatic carbocycles. The summed E-state index contributed by atoms with van der Waals surface area (Å²) in [5, 5.41) is 4.03. The van der Waals surface area contributed by atoms with Gasteiger partial charge in [-0.25, -0.2) is 27.5 Å². The Morgan fingerprint density at radius 3 is 1.39 bits per heavy atom. The van der Waals surface area contributed by atoms with E-state index in [0.717, 1.165) is 83.3 Å². The second-order valence-corrected chi connectivity index (χ2v) is 13.0. The number of aromatic nitrogens is 2. The molecule has 2 heterocycles. The Morgan fingerprint density at radius 1 is 0.593 bits per heavy atom. The van der Waals surface area contributed by atoms with Gasteiger partial charge in [-0.3, -0.25) is 20.2 Å². The number of nitrogens with one attached hydrogen (secondary N) is 2. The van der Waals surface area contributed by atoms with Crippen molar-refractivity contribution in [3.63, 3.8) is 0 Å². The van der Waals surface area contributed by atoms with Crippen molar-refractivity contribution in [2.24, 2.45) is 0 Å². The molecule has 4 N–H and O–H groups in total. The predicted molar refractivity (Wildman–Crippen MR) is 183 cm³/mol. The molecule has 0 atom stereocenters. The number of nitrogens with zero attached hydrogens (tertiary/aromatic N) is 2. The van der Waals surface area contributed by atoms with E-state index in [1.807, 2.05) is 0 Å². The number of rotatable bonds is 6. The SMILES string of the molecule is Nc1nc(NC(=O)c2c(F)cccc2F)sc1-c1cccc(C(F)(F)F)c1.O=C(Nc1nc(Cl)c(-c2cccc(C(F)(F)F)c2)s1)c1c(F)cccc1F. The van der Waals surface area contributed by atoms with Crippen LogP contribution in [0.2, 0.25) is 5.15 Å². The number of amides is 2. The third-order valence-corrected chi connectivity index (χ3v) is 9.41. The van der Waals surface area contributed by atoms with E-state index in [0.29, 0.717) is 0 Å². The van der Waals surface area contributed by atoms with Crippen molar-refractivity contribution in [1.82, 2.24) is 9.97 Å². The number of hydrogen-bond acceptors (Lipinski definition) is 7. The molecule has 4 aromatic carbocycles. The molecule has 6 aromatic rings. The molecule has 2 aromatic heterocycles. The molecule has 0 fully saturated rings. The Balaban J connectivity index is 0.000000208. The Hall–Kier alpha value is -5.53. The van der Waals surface area contributed by atoms with E-state index in [4.69, 9.17) is 17.3 Å². The number of benzene rings is 4. The average molecular weight is 818 g/mol. The number of carbonyl (C=O) groups is 2. The molecular weight excluding hydrogens is 800 g/mol. The Morgan fingerprint density at radius 2 is 0.963 bits per heavy atom. The van der Waals surface area contributed by atoms with Gasteiger partial charge in [-0.1, -0.05) is 70.7 Å². The number of alkyl halides is 6.